The normalized spacial score (nSPS) is 15.2. The maximum atomic E-state index is 13.0. The molecule has 2 aromatic rings. The van der Waals surface area contributed by atoms with Crippen molar-refractivity contribution in [3.8, 4) is 5.75 Å². The summed E-state index contributed by atoms with van der Waals surface area (Å²) in [6.45, 7) is 7.72. The lowest BCUT2D eigenvalue weighted by molar-refractivity contribution is -0.130. The number of aryl methyl sites for hydroxylation is 1. The smallest absolute Gasteiger partial charge is 0.410 e. The summed E-state index contributed by atoms with van der Waals surface area (Å²) in [6, 6.07) is 3.95. The van der Waals surface area contributed by atoms with Crippen LogP contribution in [-0.2, 0) is 9.53 Å². The standard InChI is InChI=1S/C22H25Cl2N3O4/c1-12-9-25-8-7-14(12)19(17-16(28)6-5-15(23)18(17)24)26-20(29)13-10-27(11-13)21(30)31-22(2,3)4/h5-9,13,19,28H,10-11H2,1-4H3,(H,26,29). The zero-order chi connectivity index (χ0) is 22.9. The predicted octanol–water partition coefficient (Wildman–Crippen LogP) is 4.47. The van der Waals surface area contributed by atoms with Crippen LogP contribution in [0.25, 0.3) is 0 Å². The molecule has 1 unspecified atom stereocenters. The molecule has 1 aliphatic rings. The molecule has 1 aromatic heterocycles. The molecule has 1 saturated heterocycles. The Kier molecular flexibility index (Phi) is 6.67. The van der Waals surface area contributed by atoms with E-state index in [1.807, 2.05) is 6.92 Å². The minimum absolute atomic E-state index is 0.0834. The van der Waals surface area contributed by atoms with Crippen molar-refractivity contribution in [2.24, 2.45) is 5.92 Å². The molecule has 0 spiro atoms. The number of amides is 2. The van der Waals surface area contributed by atoms with E-state index in [0.29, 0.717) is 5.56 Å². The number of nitrogens with zero attached hydrogens (tertiary/aromatic N) is 2. The van der Waals surface area contributed by atoms with Crippen LogP contribution in [0, 0.1) is 12.8 Å². The van der Waals surface area contributed by atoms with Crippen molar-refractivity contribution in [2.45, 2.75) is 39.3 Å². The first-order chi connectivity index (χ1) is 14.5. The molecule has 166 valence electrons. The Balaban J connectivity index is 1.82. The quantitative estimate of drug-likeness (QED) is 0.694. The monoisotopic (exact) mass is 465 g/mol. The number of hydrogen-bond donors (Lipinski definition) is 2. The van der Waals surface area contributed by atoms with E-state index in [1.165, 1.54) is 17.0 Å². The molecular weight excluding hydrogens is 441 g/mol. The molecule has 2 heterocycles. The molecule has 0 aliphatic carbocycles. The van der Waals surface area contributed by atoms with Crippen molar-refractivity contribution in [2.75, 3.05) is 13.1 Å². The molecule has 9 heteroatoms. The van der Waals surface area contributed by atoms with Crippen LogP contribution in [0.1, 0.15) is 43.5 Å². The van der Waals surface area contributed by atoms with Gasteiger partial charge < -0.3 is 20.1 Å². The van der Waals surface area contributed by atoms with Gasteiger partial charge in [0.1, 0.15) is 11.4 Å². The van der Waals surface area contributed by atoms with Gasteiger partial charge in [-0.3, -0.25) is 9.78 Å². The molecule has 3 rings (SSSR count). The van der Waals surface area contributed by atoms with E-state index in [4.69, 9.17) is 27.9 Å². The number of phenolic OH excluding ortho intramolecular Hbond substituents is 1. The summed E-state index contributed by atoms with van der Waals surface area (Å²) in [5.74, 6) is -0.756. The zero-order valence-electron chi connectivity index (χ0n) is 17.8. The summed E-state index contributed by atoms with van der Waals surface area (Å²) in [4.78, 5) is 30.7. The van der Waals surface area contributed by atoms with Crippen molar-refractivity contribution < 1.29 is 19.4 Å². The molecule has 7 nitrogen and oxygen atoms in total. The molecule has 0 radical (unpaired) electrons. The Morgan fingerprint density at radius 1 is 1.26 bits per heavy atom. The van der Waals surface area contributed by atoms with E-state index in [0.717, 1.165) is 11.1 Å². The Labute approximate surface area is 191 Å². The summed E-state index contributed by atoms with van der Waals surface area (Å²) in [6.07, 6.45) is 2.82. The topological polar surface area (TPSA) is 91.8 Å². The van der Waals surface area contributed by atoms with Crippen molar-refractivity contribution in [1.29, 1.82) is 0 Å². The van der Waals surface area contributed by atoms with Crippen molar-refractivity contribution >= 4 is 35.2 Å². The van der Waals surface area contributed by atoms with Gasteiger partial charge in [0.15, 0.2) is 0 Å². The number of phenols is 1. The molecule has 31 heavy (non-hydrogen) atoms. The third-order valence-corrected chi connectivity index (χ3v) is 5.78. The molecule has 2 N–H and O–H groups in total. The van der Waals surface area contributed by atoms with Crippen LogP contribution in [0.2, 0.25) is 10.0 Å². The van der Waals surface area contributed by atoms with E-state index in [2.05, 4.69) is 10.3 Å². The van der Waals surface area contributed by atoms with Gasteiger partial charge in [-0.15, -0.1) is 0 Å². The molecule has 1 aromatic carbocycles. The number of halogens is 2. The Hall–Kier alpha value is -2.51. The third-order valence-electron chi connectivity index (χ3n) is 4.96. The number of carbonyl (C=O) groups is 2. The van der Waals surface area contributed by atoms with Crippen molar-refractivity contribution in [3.63, 3.8) is 0 Å². The zero-order valence-corrected chi connectivity index (χ0v) is 19.3. The average Bonchev–Trinajstić information content (AvgIpc) is 2.62. The highest BCUT2D eigenvalue weighted by atomic mass is 35.5. The van der Waals surface area contributed by atoms with E-state index < -0.39 is 23.7 Å². The number of aromatic hydroxyl groups is 1. The second-order valence-electron chi connectivity index (χ2n) is 8.55. The second-order valence-corrected chi connectivity index (χ2v) is 9.34. The van der Waals surface area contributed by atoms with Gasteiger partial charge in [0, 0.05) is 31.0 Å². The number of hydrogen-bond acceptors (Lipinski definition) is 5. The van der Waals surface area contributed by atoms with E-state index in [9.17, 15) is 14.7 Å². The fraction of sp³-hybridized carbons (Fsp3) is 0.409. The van der Waals surface area contributed by atoms with E-state index in [1.54, 1.807) is 39.2 Å². The first-order valence-corrected chi connectivity index (χ1v) is 10.6. The van der Waals surface area contributed by atoms with Crippen LogP contribution in [-0.4, -0.2) is 45.7 Å². The number of likely N-dealkylation sites (tertiary alicyclic amines) is 1. The molecule has 2 amide bonds. The van der Waals surface area contributed by atoms with Crippen LogP contribution in [0.15, 0.2) is 30.6 Å². The van der Waals surface area contributed by atoms with Crippen LogP contribution < -0.4 is 5.32 Å². The number of pyridine rings is 1. The molecule has 1 aliphatic heterocycles. The fourth-order valence-electron chi connectivity index (χ4n) is 3.32. The first kappa shape index (κ1) is 23.2. The van der Waals surface area contributed by atoms with Gasteiger partial charge in [-0.2, -0.15) is 0 Å². The summed E-state index contributed by atoms with van der Waals surface area (Å²) in [5.41, 5.74) is 1.24. The molecule has 1 atom stereocenters. The molecule has 0 saturated carbocycles. The second kappa shape index (κ2) is 8.93. The van der Waals surface area contributed by atoms with Gasteiger partial charge >= 0.3 is 6.09 Å². The maximum Gasteiger partial charge on any atom is 0.410 e. The van der Waals surface area contributed by atoms with Gasteiger partial charge in [-0.25, -0.2) is 4.79 Å². The molecule has 0 bridgehead atoms. The van der Waals surface area contributed by atoms with Crippen LogP contribution in [0.4, 0.5) is 4.79 Å². The average molecular weight is 466 g/mol. The van der Waals surface area contributed by atoms with Crippen LogP contribution in [0.5, 0.6) is 5.75 Å². The highest BCUT2D eigenvalue weighted by Gasteiger charge is 2.39. The minimum Gasteiger partial charge on any atom is -0.508 e. The minimum atomic E-state index is -0.739. The third kappa shape index (κ3) is 5.22. The first-order valence-electron chi connectivity index (χ1n) is 9.83. The van der Waals surface area contributed by atoms with Gasteiger partial charge in [0.2, 0.25) is 5.91 Å². The summed E-state index contributed by atoms with van der Waals surface area (Å²) < 4.78 is 5.33. The van der Waals surface area contributed by atoms with Crippen LogP contribution >= 0.6 is 23.2 Å². The number of rotatable bonds is 4. The van der Waals surface area contributed by atoms with Crippen LogP contribution in [0.3, 0.4) is 0 Å². The van der Waals surface area contributed by atoms with E-state index >= 15 is 0 Å². The van der Waals surface area contributed by atoms with Crippen molar-refractivity contribution in [1.82, 2.24) is 15.2 Å². The lowest BCUT2D eigenvalue weighted by Gasteiger charge is -2.39. The predicted molar refractivity (Wildman–Crippen MR) is 118 cm³/mol. The molecule has 1 fully saturated rings. The summed E-state index contributed by atoms with van der Waals surface area (Å²) in [7, 11) is 0. The Morgan fingerprint density at radius 3 is 2.55 bits per heavy atom. The number of benzene rings is 1. The number of aromatic nitrogens is 1. The van der Waals surface area contributed by atoms with Gasteiger partial charge in [0.05, 0.1) is 22.0 Å². The lowest BCUT2D eigenvalue weighted by atomic mass is 9.93. The fourth-order valence-corrected chi connectivity index (χ4v) is 3.76. The van der Waals surface area contributed by atoms with Gasteiger partial charge in [-0.1, -0.05) is 23.2 Å². The maximum absolute atomic E-state index is 13.0. The van der Waals surface area contributed by atoms with E-state index in [-0.39, 0.29) is 34.8 Å². The van der Waals surface area contributed by atoms with Crippen molar-refractivity contribution in [3.05, 3.63) is 57.3 Å². The Bertz CT molecular complexity index is 1000. The number of carbonyl (C=O) groups excluding carboxylic acids is 2. The summed E-state index contributed by atoms with van der Waals surface area (Å²) in [5, 5.41) is 13.9. The largest absolute Gasteiger partial charge is 0.508 e. The molecular formula is C22H25Cl2N3O4. The number of ether oxygens (including phenoxy) is 1. The highest BCUT2D eigenvalue weighted by molar-refractivity contribution is 6.42. The summed E-state index contributed by atoms with van der Waals surface area (Å²) >= 11 is 12.6. The van der Waals surface area contributed by atoms with Gasteiger partial charge in [-0.05, 0) is 57.0 Å². The lowest BCUT2D eigenvalue weighted by Crippen LogP contribution is -2.57. The number of nitrogens with one attached hydrogen (secondary N) is 1. The highest BCUT2D eigenvalue weighted by Crippen LogP contribution is 2.40. The Morgan fingerprint density at radius 2 is 1.94 bits per heavy atom. The SMILES string of the molecule is Cc1cnccc1C(NC(=O)C1CN(C(=O)OC(C)(C)C)C1)c1c(O)ccc(Cl)c1Cl. The van der Waals surface area contributed by atoms with Gasteiger partial charge in [0.25, 0.3) is 0 Å².